The first-order valence-corrected chi connectivity index (χ1v) is 8.31. The van der Waals surface area contributed by atoms with Crippen LogP contribution in [0.4, 0.5) is 20.2 Å². The monoisotopic (exact) mass is 389 g/mol. The molecule has 9 nitrogen and oxygen atoms in total. The number of phenolic OH excluding ortho intramolecular Hbond substituents is 1. The van der Waals surface area contributed by atoms with Crippen LogP contribution < -0.4 is 5.32 Å². The molecule has 1 saturated carbocycles. The Morgan fingerprint density at radius 1 is 1.32 bits per heavy atom. The molecule has 1 fully saturated rings. The first-order chi connectivity index (χ1) is 13.3. The van der Waals surface area contributed by atoms with Crippen LogP contribution in [0, 0.1) is 10.1 Å². The van der Waals surface area contributed by atoms with Gasteiger partial charge in [0.1, 0.15) is 11.4 Å². The molecule has 3 aromatic rings. The number of nitro benzene ring substituents is 1. The summed E-state index contributed by atoms with van der Waals surface area (Å²) in [6.45, 7) is 0. The van der Waals surface area contributed by atoms with Gasteiger partial charge < -0.3 is 10.4 Å². The van der Waals surface area contributed by atoms with Crippen molar-refractivity contribution in [2.24, 2.45) is 0 Å². The minimum absolute atomic E-state index is 0.105. The normalized spacial score (nSPS) is 13.8. The Labute approximate surface area is 155 Å². The SMILES string of the molecule is O=C(Nc1cc([N+](=O)[O-])ccc1O)c1cc2nc(C3CC3)cc(C(F)F)n2n1. The lowest BCUT2D eigenvalue weighted by Crippen LogP contribution is -2.13. The molecule has 2 heterocycles. The largest absolute Gasteiger partial charge is 0.506 e. The predicted molar refractivity (Wildman–Crippen MR) is 92.6 cm³/mol. The average molecular weight is 389 g/mol. The second kappa shape index (κ2) is 6.51. The van der Waals surface area contributed by atoms with Crippen molar-refractivity contribution in [3.63, 3.8) is 0 Å². The van der Waals surface area contributed by atoms with Gasteiger partial charge in [-0.2, -0.15) is 5.10 Å². The van der Waals surface area contributed by atoms with Gasteiger partial charge in [-0.1, -0.05) is 0 Å². The van der Waals surface area contributed by atoms with Gasteiger partial charge in [-0.25, -0.2) is 18.3 Å². The van der Waals surface area contributed by atoms with E-state index in [1.165, 1.54) is 12.1 Å². The van der Waals surface area contributed by atoms with Crippen LogP contribution in [0.1, 0.15) is 47.1 Å². The number of halogens is 2. The number of non-ortho nitro benzene ring substituents is 1. The molecule has 1 aliphatic rings. The number of hydrogen-bond acceptors (Lipinski definition) is 6. The molecule has 11 heteroatoms. The number of rotatable bonds is 5. The molecule has 1 aromatic carbocycles. The number of carbonyl (C=O) groups excluding carboxylic acids is 1. The summed E-state index contributed by atoms with van der Waals surface area (Å²) in [6, 6.07) is 5.67. The number of nitrogens with one attached hydrogen (secondary N) is 1. The third kappa shape index (κ3) is 3.21. The number of alkyl halides is 2. The molecule has 28 heavy (non-hydrogen) atoms. The van der Waals surface area contributed by atoms with Gasteiger partial charge in [0.05, 0.1) is 10.6 Å². The van der Waals surface area contributed by atoms with Crippen LogP contribution >= 0.6 is 0 Å². The summed E-state index contributed by atoms with van der Waals surface area (Å²) < 4.78 is 27.7. The zero-order chi connectivity index (χ0) is 20.0. The van der Waals surface area contributed by atoms with Crippen molar-refractivity contribution in [2.45, 2.75) is 25.2 Å². The lowest BCUT2D eigenvalue weighted by atomic mass is 10.2. The summed E-state index contributed by atoms with van der Waals surface area (Å²) in [6.07, 6.45) is -1.06. The highest BCUT2D eigenvalue weighted by Gasteiger charge is 2.28. The van der Waals surface area contributed by atoms with E-state index in [1.807, 2.05) is 0 Å². The second-order valence-corrected chi connectivity index (χ2v) is 6.39. The van der Waals surface area contributed by atoms with E-state index in [1.54, 1.807) is 0 Å². The highest BCUT2D eigenvalue weighted by Crippen LogP contribution is 2.40. The number of carbonyl (C=O) groups is 1. The highest BCUT2D eigenvalue weighted by molar-refractivity contribution is 6.04. The van der Waals surface area contributed by atoms with E-state index in [0.29, 0.717) is 5.69 Å². The predicted octanol–water partition coefficient (Wildman–Crippen LogP) is 3.41. The molecule has 0 atom stereocenters. The lowest BCUT2D eigenvalue weighted by molar-refractivity contribution is -0.384. The van der Waals surface area contributed by atoms with Gasteiger partial charge in [0.15, 0.2) is 11.3 Å². The van der Waals surface area contributed by atoms with E-state index in [2.05, 4.69) is 15.4 Å². The molecule has 0 spiro atoms. The van der Waals surface area contributed by atoms with E-state index < -0.39 is 17.3 Å². The molecule has 2 N–H and O–H groups in total. The van der Waals surface area contributed by atoms with Crippen molar-refractivity contribution >= 4 is 22.9 Å². The summed E-state index contributed by atoms with van der Waals surface area (Å²) in [5, 5.41) is 26.8. The fourth-order valence-electron chi connectivity index (χ4n) is 2.80. The minimum Gasteiger partial charge on any atom is -0.506 e. The molecule has 0 radical (unpaired) electrons. The Morgan fingerprint density at radius 3 is 2.71 bits per heavy atom. The zero-order valence-corrected chi connectivity index (χ0v) is 14.2. The fraction of sp³-hybridized carbons (Fsp3) is 0.235. The summed E-state index contributed by atoms with van der Waals surface area (Å²) in [5.74, 6) is -1.07. The molecule has 1 aliphatic carbocycles. The van der Waals surface area contributed by atoms with Gasteiger partial charge in [0.25, 0.3) is 18.0 Å². The number of phenols is 1. The van der Waals surface area contributed by atoms with Gasteiger partial charge in [-0.15, -0.1) is 0 Å². The summed E-state index contributed by atoms with van der Waals surface area (Å²) in [4.78, 5) is 26.9. The Bertz CT molecular complexity index is 1110. The molecule has 144 valence electrons. The van der Waals surface area contributed by atoms with E-state index in [9.17, 15) is 28.8 Å². The van der Waals surface area contributed by atoms with E-state index in [4.69, 9.17) is 0 Å². The van der Waals surface area contributed by atoms with Gasteiger partial charge in [-0.05, 0) is 25.0 Å². The summed E-state index contributed by atoms with van der Waals surface area (Å²) in [5.41, 5.74) is -0.479. The number of anilines is 1. The van der Waals surface area contributed by atoms with Gasteiger partial charge in [0, 0.05) is 29.8 Å². The molecule has 0 aliphatic heterocycles. The number of fused-ring (bicyclic) bond motifs is 1. The molecule has 0 bridgehead atoms. The van der Waals surface area contributed by atoms with Crippen molar-refractivity contribution in [1.29, 1.82) is 0 Å². The number of benzene rings is 1. The highest BCUT2D eigenvalue weighted by atomic mass is 19.3. The molecule has 4 rings (SSSR count). The van der Waals surface area contributed by atoms with Crippen molar-refractivity contribution < 1.29 is 23.6 Å². The van der Waals surface area contributed by atoms with Crippen molar-refractivity contribution in [1.82, 2.24) is 14.6 Å². The van der Waals surface area contributed by atoms with Crippen LogP contribution in [0.5, 0.6) is 5.75 Å². The number of nitrogens with zero attached hydrogens (tertiary/aromatic N) is 4. The average Bonchev–Trinajstić information content (AvgIpc) is 3.40. The first-order valence-electron chi connectivity index (χ1n) is 8.31. The standard InChI is InChI=1S/C17H13F2N5O4/c18-16(19)13-6-10(8-1-2-8)20-15-7-12(22-23(13)15)17(26)21-11-5-9(24(27)28)3-4-14(11)25/h3-8,16,25H,1-2H2,(H,21,26). The Hall–Kier alpha value is -3.63. The number of aromatic nitrogens is 3. The van der Waals surface area contributed by atoms with Gasteiger partial charge in [-0.3, -0.25) is 14.9 Å². The van der Waals surface area contributed by atoms with Gasteiger partial charge >= 0.3 is 0 Å². The fourth-order valence-corrected chi connectivity index (χ4v) is 2.80. The Kier molecular flexibility index (Phi) is 4.13. The van der Waals surface area contributed by atoms with Crippen molar-refractivity contribution in [2.75, 3.05) is 5.32 Å². The topological polar surface area (TPSA) is 123 Å². The molecular weight excluding hydrogens is 376 g/mol. The van der Waals surface area contributed by atoms with Crippen LogP contribution in [0.25, 0.3) is 5.65 Å². The summed E-state index contributed by atoms with van der Waals surface area (Å²) >= 11 is 0. The van der Waals surface area contributed by atoms with E-state index >= 15 is 0 Å². The number of aromatic hydroxyl groups is 1. The number of amides is 1. The molecule has 0 saturated heterocycles. The Balaban J connectivity index is 1.69. The second-order valence-electron chi connectivity index (χ2n) is 6.39. The van der Waals surface area contributed by atoms with Crippen LogP contribution in [0.3, 0.4) is 0 Å². The number of nitro groups is 1. The van der Waals surface area contributed by atoms with E-state index in [-0.39, 0.29) is 40.1 Å². The van der Waals surface area contributed by atoms with Crippen molar-refractivity contribution in [3.05, 3.63) is 57.5 Å². The maximum absolute atomic E-state index is 13.4. The van der Waals surface area contributed by atoms with Crippen LogP contribution in [-0.4, -0.2) is 30.5 Å². The minimum atomic E-state index is -2.81. The molecule has 1 amide bonds. The smallest absolute Gasteiger partial charge is 0.280 e. The molecular formula is C17H13F2N5O4. The quantitative estimate of drug-likeness (QED) is 0.392. The van der Waals surface area contributed by atoms with Gasteiger partial charge in [0.2, 0.25) is 0 Å². The third-order valence-electron chi connectivity index (χ3n) is 4.37. The maximum Gasteiger partial charge on any atom is 0.280 e. The van der Waals surface area contributed by atoms with Crippen LogP contribution in [-0.2, 0) is 0 Å². The van der Waals surface area contributed by atoms with Crippen LogP contribution in [0.2, 0.25) is 0 Å². The Morgan fingerprint density at radius 2 is 2.07 bits per heavy atom. The zero-order valence-electron chi connectivity index (χ0n) is 14.2. The first kappa shape index (κ1) is 17.8. The molecule has 0 unspecified atom stereocenters. The van der Waals surface area contributed by atoms with Crippen molar-refractivity contribution in [3.8, 4) is 5.75 Å². The third-order valence-corrected chi connectivity index (χ3v) is 4.37. The molecule has 2 aromatic heterocycles. The summed E-state index contributed by atoms with van der Waals surface area (Å²) in [7, 11) is 0. The van der Waals surface area contributed by atoms with Crippen LogP contribution in [0.15, 0.2) is 30.3 Å². The lowest BCUT2D eigenvalue weighted by Gasteiger charge is -2.06. The number of hydrogen-bond donors (Lipinski definition) is 2. The van der Waals surface area contributed by atoms with E-state index in [0.717, 1.165) is 35.6 Å². The maximum atomic E-state index is 13.4.